The highest BCUT2D eigenvalue weighted by molar-refractivity contribution is 5.47. The van der Waals surface area contributed by atoms with E-state index in [-0.39, 0.29) is 0 Å². The summed E-state index contributed by atoms with van der Waals surface area (Å²) in [4.78, 5) is 0. The molecule has 1 rings (SSSR count). The maximum absolute atomic E-state index is 5.03. The maximum atomic E-state index is 5.03. The molecule has 0 saturated carbocycles. The molecule has 0 fully saturated rings. The van der Waals surface area contributed by atoms with E-state index < -0.39 is 0 Å². The maximum Gasteiger partial charge on any atom is 0.0907 e. The largest absolute Gasteiger partial charge is 0.473 e. The minimum atomic E-state index is 1.14. The predicted molar refractivity (Wildman–Crippen MR) is 51.4 cm³/mol. The van der Waals surface area contributed by atoms with Crippen molar-refractivity contribution in [3.05, 3.63) is 54.5 Å². The van der Waals surface area contributed by atoms with Crippen molar-refractivity contribution >= 4 is 6.08 Å². The van der Waals surface area contributed by atoms with Crippen molar-refractivity contribution in [3.8, 4) is 0 Å². The van der Waals surface area contributed by atoms with Crippen LogP contribution in [0.5, 0.6) is 0 Å². The minimum Gasteiger partial charge on any atom is -0.473 e. The standard InChI is InChI=1S/C11H12O/c1-2-9-12-10-8-11-6-4-3-5-7-11/h2-10H,1H3/b9-2-,10-8+. The van der Waals surface area contributed by atoms with Crippen molar-refractivity contribution in [3.63, 3.8) is 0 Å². The summed E-state index contributed by atoms with van der Waals surface area (Å²) >= 11 is 0. The summed E-state index contributed by atoms with van der Waals surface area (Å²) in [6.07, 6.45) is 7.06. The topological polar surface area (TPSA) is 9.23 Å². The third-order valence-corrected chi connectivity index (χ3v) is 1.35. The quantitative estimate of drug-likeness (QED) is 0.617. The van der Waals surface area contributed by atoms with Gasteiger partial charge in [0, 0.05) is 0 Å². The van der Waals surface area contributed by atoms with Crippen LogP contribution in [0.1, 0.15) is 12.5 Å². The fourth-order valence-corrected chi connectivity index (χ4v) is 0.806. The van der Waals surface area contributed by atoms with Crippen LogP contribution in [0.15, 0.2) is 48.9 Å². The van der Waals surface area contributed by atoms with Gasteiger partial charge in [0.2, 0.25) is 0 Å². The summed E-state index contributed by atoms with van der Waals surface area (Å²) in [5.41, 5.74) is 1.14. The molecule has 0 saturated heterocycles. The highest BCUT2D eigenvalue weighted by Gasteiger charge is 1.80. The van der Waals surface area contributed by atoms with E-state index in [0.29, 0.717) is 0 Å². The Balaban J connectivity index is 2.47. The van der Waals surface area contributed by atoms with Crippen LogP contribution >= 0.6 is 0 Å². The SMILES string of the molecule is C/C=C\O/C=C/c1ccccc1. The molecule has 0 aliphatic heterocycles. The van der Waals surface area contributed by atoms with Gasteiger partial charge in [-0.05, 0) is 18.6 Å². The van der Waals surface area contributed by atoms with Crippen LogP contribution in [0, 0.1) is 0 Å². The molecule has 0 unspecified atom stereocenters. The molecule has 0 amide bonds. The zero-order valence-corrected chi connectivity index (χ0v) is 7.10. The normalized spacial score (nSPS) is 11.1. The summed E-state index contributed by atoms with van der Waals surface area (Å²) in [7, 11) is 0. The van der Waals surface area contributed by atoms with Crippen molar-refractivity contribution < 1.29 is 4.74 Å². The number of benzene rings is 1. The average molecular weight is 160 g/mol. The van der Waals surface area contributed by atoms with Crippen LogP contribution in [0.2, 0.25) is 0 Å². The Labute approximate surface area is 73.0 Å². The minimum absolute atomic E-state index is 1.14. The summed E-state index contributed by atoms with van der Waals surface area (Å²) < 4.78 is 5.03. The lowest BCUT2D eigenvalue weighted by Crippen LogP contribution is -1.69. The number of hydrogen-bond acceptors (Lipinski definition) is 1. The van der Waals surface area contributed by atoms with E-state index in [1.54, 1.807) is 12.5 Å². The van der Waals surface area contributed by atoms with Crippen LogP contribution in [0.25, 0.3) is 6.08 Å². The second kappa shape index (κ2) is 5.19. The van der Waals surface area contributed by atoms with E-state index in [2.05, 4.69) is 0 Å². The predicted octanol–water partition coefficient (Wildman–Crippen LogP) is 3.21. The molecular weight excluding hydrogens is 148 g/mol. The molecule has 0 spiro atoms. The van der Waals surface area contributed by atoms with Crippen molar-refractivity contribution in [2.75, 3.05) is 0 Å². The lowest BCUT2D eigenvalue weighted by atomic mass is 10.2. The number of allylic oxidation sites excluding steroid dienone is 1. The first-order valence-electron chi connectivity index (χ1n) is 3.91. The summed E-state index contributed by atoms with van der Waals surface area (Å²) in [5.74, 6) is 0. The molecule has 0 atom stereocenters. The van der Waals surface area contributed by atoms with Gasteiger partial charge >= 0.3 is 0 Å². The first-order valence-corrected chi connectivity index (χ1v) is 3.91. The van der Waals surface area contributed by atoms with Crippen LogP contribution in [-0.4, -0.2) is 0 Å². The molecule has 0 aromatic heterocycles. The summed E-state index contributed by atoms with van der Waals surface area (Å²) in [5, 5.41) is 0. The molecule has 1 nitrogen and oxygen atoms in total. The third kappa shape index (κ3) is 3.06. The highest BCUT2D eigenvalue weighted by Crippen LogP contribution is 2.00. The van der Waals surface area contributed by atoms with E-state index in [0.717, 1.165) is 5.56 Å². The Hall–Kier alpha value is -1.50. The molecule has 0 aliphatic carbocycles. The summed E-state index contributed by atoms with van der Waals surface area (Å²) in [6.45, 7) is 1.91. The van der Waals surface area contributed by atoms with Crippen LogP contribution < -0.4 is 0 Å². The van der Waals surface area contributed by atoms with Gasteiger partial charge in [-0.1, -0.05) is 36.4 Å². The van der Waals surface area contributed by atoms with Crippen LogP contribution in [-0.2, 0) is 4.74 Å². The molecular formula is C11H12O. The second-order valence-electron chi connectivity index (χ2n) is 2.32. The lowest BCUT2D eigenvalue weighted by Gasteiger charge is -1.90. The second-order valence-corrected chi connectivity index (χ2v) is 2.32. The van der Waals surface area contributed by atoms with Crippen molar-refractivity contribution in [1.29, 1.82) is 0 Å². The Morgan fingerprint density at radius 2 is 1.83 bits per heavy atom. The lowest BCUT2D eigenvalue weighted by molar-refractivity contribution is 0.405. The van der Waals surface area contributed by atoms with Crippen LogP contribution in [0.4, 0.5) is 0 Å². The van der Waals surface area contributed by atoms with Gasteiger partial charge in [0.1, 0.15) is 0 Å². The number of ether oxygens (including phenoxy) is 1. The van der Waals surface area contributed by atoms with E-state index in [1.807, 2.05) is 49.4 Å². The number of hydrogen-bond donors (Lipinski definition) is 0. The third-order valence-electron chi connectivity index (χ3n) is 1.35. The van der Waals surface area contributed by atoms with Crippen molar-refractivity contribution in [2.45, 2.75) is 6.92 Å². The molecule has 1 heteroatoms. The Morgan fingerprint density at radius 1 is 1.08 bits per heavy atom. The zero-order valence-electron chi connectivity index (χ0n) is 7.10. The van der Waals surface area contributed by atoms with E-state index >= 15 is 0 Å². The number of rotatable bonds is 3. The summed E-state index contributed by atoms with van der Waals surface area (Å²) in [6, 6.07) is 10.0. The zero-order chi connectivity index (χ0) is 8.65. The van der Waals surface area contributed by atoms with E-state index in [4.69, 9.17) is 4.74 Å². The van der Waals surface area contributed by atoms with Gasteiger partial charge in [-0.25, -0.2) is 0 Å². The van der Waals surface area contributed by atoms with Gasteiger partial charge in [-0.3, -0.25) is 0 Å². The molecule has 0 heterocycles. The first kappa shape index (κ1) is 8.60. The van der Waals surface area contributed by atoms with Crippen molar-refractivity contribution in [2.24, 2.45) is 0 Å². The Kier molecular flexibility index (Phi) is 3.72. The molecule has 1 aromatic carbocycles. The molecule has 0 bridgehead atoms. The molecule has 0 radical (unpaired) electrons. The monoisotopic (exact) mass is 160 g/mol. The van der Waals surface area contributed by atoms with E-state index in [1.165, 1.54) is 0 Å². The smallest absolute Gasteiger partial charge is 0.0907 e. The average Bonchev–Trinajstić information content (AvgIpc) is 2.14. The van der Waals surface area contributed by atoms with Gasteiger partial charge in [-0.2, -0.15) is 0 Å². The highest BCUT2D eigenvalue weighted by atomic mass is 16.5. The van der Waals surface area contributed by atoms with Gasteiger partial charge < -0.3 is 4.74 Å². The molecule has 1 aromatic rings. The Bertz CT molecular complexity index is 260. The van der Waals surface area contributed by atoms with Crippen LogP contribution in [0.3, 0.4) is 0 Å². The molecule has 0 N–H and O–H groups in total. The fraction of sp³-hybridized carbons (Fsp3) is 0.0909. The van der Waals surface area contributed by atoms with Gasteiger partial charge in [0.15, 0.2) is 0 Å². The molecule has 0 aliphatic rings. The first-order chi connectivity index (χ1) is 5.93. The van der Waals surface area contributed by atoms with Crippen molar-refractivity contribution in [1.82, 2.24) is 0 Å². The van der Waals surface area contributed by atoms with Gasteiger partial charge in [-0.15, -0.1) is 0 Å². The van der Waals surface area contributed by atoms with Gasteiger partial charge in [0.25, 0.3) is 0 Å². The fourth-order valence-electron chi connectivity index (χ4n) is 0.806. The molecule has 62 valence electrons. The Morgan fingerprint density at radius 3 is 2.50 bits per heavy atom. The van der Waals surface area contributed by atoms with Gasteiger partial charge in [0.05, 0.1) is 12.5 Å². The van der Waals surface area contributed by atoms with E-state index in [9.17, 15) is 0 Å². The molecule has 12 heavy (non-hydrogen) atoms.